The third-order valence-corrected chi connectivity index (χ3v) is 2.37. The number of unbranched alkanes of at least 4 members (excludes halogenated alkanes) is 2. The van der Waals surface area contributed by atoms with E-state index in [4.69, 9.17) is 5.11 Å². The highest BCUT2D eigenvalue weighted by molar-refractivity contribution is 5.53. The summed E-state index contributed by atoms with van der Waals surface area (Å²) in [5.74, 6) is 0.181. The molecule has 0 saturated carbocycles. The molecule has 0 aliphatic rings. The Bertz CT molecular complexity index is 112. The van der Waals surface area contributed by atoms with Crippen LogP contribution >= 0.6 is 0 Å². The summed E-state index contributed by atoms with van der Waals surface area (Å²) in [5.41, 5.74) is 0. The SMILES string of the molecule is CCCCCC(CO)C(C)C=O. The summed E-state index contributed by atoms with van der Waals surface area (Å²) >= 11 is 0. The fourth-order valence-electron chi connectivity index (χ4n) is 1.29. The van der Waals surface area contributed by atoms with Crippen LogP contribution in [0.5, 0.6) is 0 Å². The Morgan fingerprint density at radius 1 is 1.42 bits per heavy atom. The van der Waals surface area contributed by atoms with Gasteiger partial charge in [-0.2, -0.15) is 0 Å². The first-order valence-electron chi connectivity index (χ1n) is 4.82. The topological polar surface area (TPSA) is 37.3 Å². The van der Waals surface area contributed by atoms with Gasteiger partial charge in [0.1, 0.15) is 6.29 Å². The largest absolute Gasteiger partial charge is 0.396 e. The Morgan fingerprint density at radius 3 is 2.50 bits per heavy atom. The minimum atomic E-state index is 0.00635. The highest BCUT2D eigenvalue weighted by Gasteiger charge is 2.14. The average molecular weight is 172 g/mol. The first-order chi connectivity index (χ1) is 5.76. The van der Waals surface area contributed by atoms with Gasteiger partial charge in [-0.05, 0) is 12.3 Å². The highest BCUT2D eigenvalue weighted by atomic mass is 16.3. The van der Waals surface area contributed by atoms with Crippen LogP contribution < -0.4 is 0 Å². The van der Waals surface area contributed by atoms with Crippen molar-refractivity contribution in [1.29, 1.82) is 0 Å². The molecule has 1 N–H and O–H groups in total. The lowest BCUT2D eigenvalue weighted by molar-refractivity contribution is -0.112. The molecule has 0 rings (SSSR count). The van der Waals surface area contributed by atoms with Crippen molar-refractivity contribution in [2.75, 3.05) is 6.61 Å². The Balaban J connectivity index is 3.59. The maximum Gasteiger partial charge on any atom is 0.123 e. The van der Waals surface area contributed by atoms with Crippen molar-refractivity contribution in [3.8, 4) is 0 Å². The number of aldehydes is 1. The smallest absolute Gasteiger partial charge is 0.123 e. The van der Waals surface area contributed by atoms with Crippen LogP contribution in [0.4, 0.5) is 0 Å². The first-order valence-corrected chi connectivity index (χ1v) is 4.82. The zero-order chi connectivity index (χ0) is 9.40. The number of carbonyl (C=O) groups is 1. The number of hydrogen-bond donors (Lipinski definition) is 1. The van der Waals surface area contributed by atoms with Crippen molar-refractivity contribution < 1.29 is 9.90 Å². The molecule has 0 aliphatic carbocycles. The second-order valence-electron chi connectivity index (χ2n) is 3.43. The average Bonchev–Trinajstić information content (AvgIpc) is 2.11. The minimum Gasteiger partial charge on any atom is -0.396 e. The predicted octanol–water partition coefficient (Wildman–Crippen LogP) is 2.01. The normalized spacial score (nSPS) is 15.6. The second kappa shape index (κ2) is 7.29. The van der Waals surface area contributed by atoms with E-state index in [2.05, 4.69) is 6.92 Å². The summed E-state index contributed by atoms with van der Waals surface area (Å²) in [4.78, 5) is 10.4. The Labute approximate surface area is 75.0 Å². The molecule has 0 amide bonds. The van der Waals surface area contributed by atoms with Crippen molar-refractivity contribution in [2.45, 2.75) is 39.5 Å². The molecule has 2 nitrogen and oxygen atoms in total. The summed E-state index contributed by atoms with van der Waals surface area (Å²) in [7, 11) is 0. The van der Waals surface area contributed by atoms with E-state index in [0.29, 0.717) is 0 Å². The molecular weight excluding hydrogens is 152 g/mol. The van der Waals surface area contributed by atoms with E-state index in [1.165, 1.54) is 12.8 Å². The van der Waals surface area contributed by atoms with Gasteiger partial charge in [0.15, 0.2) is 0 Å². The Morgan fingerprint density at radius 2 is 2.08 bits per heavy atom. The number of aliphatic hydroxyl groups excluding tert-OH is 1. The van der Waals surface area contributed by atoms with Crippen LogP contribution in [0.1, 0.15) is 39.5 Å². The summed E-state index contributed by atoms with van der Waals surface area (Å²) in [6, 6.07) is 0. The van der Waals surface area contributed by atoms with E-state index >= 15 is 0 Å². The summed E-state index contributed by atoms with van der Waals surface area (Å²) in [6.45, 7) is 4.17. The molecule has 0 aromatic rings. The zero-order valence-corrected chi connectivity index (χ0v) is 8.12. The molecule has 0 saturated heterocycles. The van der Waals surface area contributed by atoms with Crippen LogP contribution in [0, 0.1) is 11.8 Å². The molecule has 0 aliphatic heterocycles. The van der Waals surface area contributed by atoms with Crippen LogP contribution in [-0.4, -0.2) is 18.0 Å². The van der Waals surface area contributed by atoms with E-state index in [-0.39, 0.29) is 18.4 Å². The first kappa shape index (κ1) is 11.6. The lowest BCUT2D eigenvalue weighted by Crippen LogP contribution is -2.16. The van der Waals surface area contributed by atoms with E-state index in [9.17, 15) is 4.79 Å². The molecule has 12 heavy (non-hydrogen) atoms. The van der Waals surface area contributed by atoms with E-state index in [1.807, 2.05) is 6.92 Å². The van der Waals surface area contributed by atoms with Gasteiger partial charge < -0.3 is 9.90 Å². The van der Waals surface area contributed by atoms with Gasteiger partial charge in [-0.1, -0.05) is 33.1 Å². The van der Waals surface area contributed by atoms with Crippen LogP contribution in [0.2, 0.25) is 0 Å². The van der Waals surface area contributed by atoms with Gasteiger partial charge in [0.2, 0.25) is 0 Å². The number of hydrogen-bond acceptors (Lipinski definition) is 2. The fourth-order valence-corrected chi connectivity index (χ4v) is 1.29. The Kier molecular flexibility index (Phi) is 7.06. The molecule has 72 valence electrons. The maximum atomic E-state index is 10.4. The van der Waals surface area contributed by atoms with Crippen molar-refractivity contribution in [3.63, 3.8) is 0 Å². The summed E-state index contributed by atoms with van der Waals surface area (Å²) < 4.78 is 0. The molecule has 0 aromatic carbocycles. The number of rotatable bonds is 7. The monoisotopic (exact) mass is 172 g/mol. The van der Waals surface area contributed by atoms with Gasteiger partial charge in [-0.15, -0.1) is 0 Å². The van der Waals surface area contributed by atoms with Crippen LogP contribution in [0.15, 0.2) is 0 Å². The van der Waals surface area contributed by atoms with Gasteiger partial charge in [-0.3, -0.25) is 0 Å². The lowest BCUT2D eigenvalue weighted by atomic mass is 9.91. The summed E-state index contributed by atoms with van der Waals surface area (Å²) in [5, 5.41) is 8.97. The van der Waals surface area contributed by atoms with Crippen LogP contribution in [-0.2, 0) is 4.79 Å². The van der Waals surface area contributed by atoms with E-state index in [1.54, 1.807) is 0 Å². The third kappa shape index (κ3) is 4.50. The highest BCUT2D eigenvalue weighted by Crippen LogP contribution is 2.16. The Hall–Kier alpha value is -0.370. The second-order valence-corrected chi connectivity index (χ2v) is 3.43. The lowest BCUT2D eigenvalue weighted by Gasteiger charge is -2.16. The van der Waals surface area contributed by atoms with Crippen LogP contribution in [0.25, 0.3) is 0 Å². The molecule has 0 heterocycles. The molecule has 0 radical (unpaired) electrons. The van der Waals surface area contributed by atoms with Crippen molar-refractivity contribution in [2.24, 2.45) is 11.8 Å². The maximum absolute atomic E-state index is 10.4. The van der Waals surface area contributed by atoms with Gasteiger partial charge in [0.25, 0.3) is 0 Å². The van der Waals surface area contributed by atoms with Crippen molar-refractivity contribution in [3.05, 3.63) is 0 Å². The van der Waals surface area contributed by atoms with Gasteiger partial charge in [0, 0.05) is 12.5 Å². The zero-order valence-electron chi connectivity index (χ0n) is 8.12. The van der Waals surface area contributed by atoms with E-state index in [0.717, 1.165) is 19.1 Å². The molecule has 2 atom stereocenters. The molecule has 2 unspecified atom stereocenters. The van der Waals surface area contributed by atoms with Crippen molar-refractivity contribution in [1.82, 2.24) is 0 Å². The third-order valence-electron chi connectivity index (χ3n) is 2.37. The van der Waals surface area contributed by atoms with Gasteiger partial charge >= 0.3 is 0 Å². The molecular formula is C10H20O2. The minimum absolute atomic E-state index is 0.00635. The fraction of sp³-hybridized carbons (Fsp3) is 0.900. The molecule has 0 aromatic heterocycles. The van der Waals surface area contributed by atoms with Crippen molar-refractivity contribution >= 4 is 6.29 Å². The number of aliphatic hydroxyl groups is 1. The predicted molar refractivity (Wildman–Crippen MR) is 49.9 cm³/mol. The van der Waals surface area contributed by atoms with Crippen LogP contribution in [0.3, 0.4) is 0 Å². The van der Waals surface area contributed by atoms with E-state index < -0.39 is 0 Å². The summed E-state index contributed by atoms with van der Waals surface area (Å²) in [6.07, 6.45) is 5.42. The van der Waals surface area contributed by atoms with Gasteiger partial charge in [0.05, 0.1) is 0 Å². The quantitative estimate of drug-likeness (QED) is 0.471. The van der Waals surface area contributed by atoms with Gasteiger partial charge in [-0.25, -0.2) is 0 Å². The standard InChI is InChI=1S/C10H20O2/c1-3-4-5-6-10(8-12)9(2)7-11/h7,9-10,12H,3-6,8H2,1-2H3. The molecule has 0 fully saturated rings. The molecule has 0 bridgehead atoms. The molecule has 2 heteroatoms. The number of carbonyl (C=O) groups excluding carboxylic acids is 1. The molecule has 0 spiro atoms.